The maximum absolute atomic E-state index is 13.6. The van der Waals surface area contributed by atoms with Gasteiger partial charge >= 0.3 is 0 Å². The average molecular weight is 398 g/mol. The van der Waals surface area contributed by atoms with Crippen molar-refractivity contribution in [2.75, 3.05) is 9.96 Å². The van der Waals surface area contributed by atoms with Crippen LogP contribution in [0.2, 0.25) is 0 Å². The van der Waals surface area contributed by atoms with Crippen LogP contribution < -0.4 is 9.96 Å². The molecule has 2 fully saturated rings. The number of amides is 2. The van der Waals surface area contributed by atoms with Crippen molar-refractivity contribution in [2.45, 2.75) is 26.0 Å². The number of hydrogen-bond donors (Lipinski definition) is 0. The number of aryl methyl sites for hydroxylation is 2. The van der Waals surface area contributed by atoms with E-state index in [0.29, 0.717) is 5.69 Å². The van der Waals surface area contributed by atoms with E-state index in [1.165, 1.54) is 4.90 Å². The fourth-order valence-corrected chi connectivity index (χ4v) is 4.50. The summed E-state index contributed by atoms with van der Waals surface area (Å²) in [6.45, 7) is 3.91. The van der Waals surface area contributed by atoms with Crippen LogP contribution in [0, 0.1) is 19.8 Å². The Labute approximate surface area is 175 Å². The quantitative estimate of drug-likeness (QED) is 0.616. The molecule has 0 N–H and O–H groups in total. The monoisotopic (exact) mass is 398 g/mol. The lowest BCUT2D eigenvalue weighted by molar-refractivity contribution is -0.126. The zero-order valence-corrected chi connectivity index (χ0v) is 16.9. The van der Waals surface area contributed by atoms with Gasteiger partial charge in [0.1, 0.15) is 5.92 Å². The second-order valence-corrected chi connectivity index (χ2v) is 7.87. The van der Waals surface area contributed by atoms with Gasteiger partial charge in [0, 0.05) is 0 Å². The highest BCUT2D eigenvalue weighted by Gasteiger charge is 2.60. The molecule has 2 heterocycles. The summed E-state index contributed by atoms with van der Waals surface area (Å²) < 4.78 is 0. The molecule has 0 aromatic heterocycles. The minimum Gasteiger partial charge on any atom is -0.273 e. The van der Waals surface area contributed by atoms with Crippen molar-refractivity contribution >= 4 is 23.2 Å². The topological polar surface area (TPSA) is 49.9 Å². The summed E-state index contributed by atoms with van der Waals surface area (Å²) in [6, 6.07) is 24.7. The summed E-state index contributed by atoms with van der Waals surface area (Å²) in [5.74, 6) is -1.14. The third-order valence-electron chi connectivity index (χ3n) is 5.86. The normalized spacial score (nSPS) is 23.2. The van der Waals surface area contributed by atoms with E-state index in [1.54, 1.807) is 5.06 Å². The van der Waals surface area contributed by atoms with Crippen molar-refractivity contribution in [3.63, 3.8) is 0 Å². The zero-order chi connectivity index (χ0) is 20.8. The number of carbonyl (C=O) groups is 2. The van der Waals surface area contributed by atoms with Crippen molar-refractivity contribution in [3.05, 3.63) is 95.6 Å². The Morgan fingerprint density at radius 1 is 0.800 bits per heavy atom. The summed E-state index contributed by atoms with van der Waals surface area (Å²) in [5.41, 5.74) is 4.38. The Morgan fingerprint density at radius 3 is 2.13 bits per heavy atom. The number of para-hydroxylation sites is 1. The third kappa shape index (κ3) is 2.82. The van der Waals surface area contributed by atoms with Crippen molar-refractivity contribution in [1.29, 1.82) is 0 Å². The first-order chi connectivity index (χ1) is 14.6. The number of hydrogen-bond acceptors (Lipinski definition) is 4. The molecule has 2 amide bonds. The molecule has 0 bridgehead atoms. The largest absolute Gasteiger partial charge is 0.273 e. The molecule has 0 spiro atoms. The van der Waals surface area contributed by atoms with Crippen LogP contribution in [0.1, 0.15) is 22.7 Å². The fourth-order valence-electron chi connectivity index (χ4n) is 4.50. The summed E-state index contributed by atoms with van der Waals surface area (Å²) in [5, 5.41) is 1.72. The molecule has 2 saturated heterocycles. The van der Waals surface area contributed by atoms with Crippen LogP contribution in [0.25, 0.3) is 0 Å². The van der Waals surface area contributed by atoms with Gasteiger partial charge in [-0.25, -0.2) is 9.96 Å². The van der Waals surface area contributed by atoms with Crippen LogP contribution in [-0.4, -0.2) is 17.9 Å². The zero-order valence-electron chi connectivity index (χ0n) is 16.9. The van der Waals surface area contributed by atoms with E-state index in [0.717, 1.165) is 22.4 Å². The molecule has 2 aliphatic rings. The van der Waals surface area contributed by atoms with Crippen LogP contribution in [0.4, 0.5) is 11.4 Å². The lowest BCUT2D eigenvalue weighted by Gasteiger charge is -2.29. The standard InChI is InChI=1S/C25H22N2O3/c1-16-13-14-20(17(2)15-16)26-24(28)21-22(18-9-5-3-6-10-18)27(30-23(21)25(26)29)19-11-7-4-8-12-19/h3-15,21-23H,1-2H3/t21-,22+,23+/m1/s1. The minimum atomic E-state index is -0.844. The highest BCUT2D eigenvalue weighted by Crippen LogP contribution is 2.47. The molecule has 0 aliphatic carbocycles. The Kier molecular flexibility index (Phi) is 4.40. The first-order valence-corrected chi connectivity index (χ1v) is 10.1. The number of carbonyl (C=O) groups excluding carboxylic acids is 2. The molecule has 30 heavy (non-hydrogen) atoms. The number of nitrogens with zero attached hydrogens (tertiary/aromatic N) is 2. The van der Waals surface area contributed by atoms with E-state index in [9.17, 15) is 9.59 Å². The molecule has 150 valence electrons. The second-order valence-electron chi connectivity index (χ2n) is 7.87. The average Bonchev–Trinajstić information content (AvgIpc) is 3.26. The predicted octanol–water partition coefficient (Wildman–Crippen LogP) is 4.35. The van der Waals surface area contributed by atoms with Gasteiger partial charge in [-0.15, -0.1) is 0 Å². The molecule has 5 nitrogen and oxygen atoms in total. The molecular formula is C25H22N2O3. The summed E-state index contributed by atoms with van der Waals surface area (Å²) in [6.07, 6.45) is -0.844. The van der Waals surface area contributed by atoms with E-state index in [2.05, 4.69) is 0 Å². The summed E-state index contributed by atoms with van der Waals surface area (Å²) >= 11 is 0. The van der Waals surface area contributed by atoms with E-state index in [1.807, 2.05) is 92.7 Å². The van der Waals surface area contributed by atoms with Gasteiger partial charge in [-0.1, -0.05) is 66.2 Å². The van der Waals surface area contributed by atoms with Crippen LogP contribution in [0.5, 0.6) is 0 Å². The lowest BCUT2D eigenvalue weighted by atomic mass is 9.90. The van der Waals surface area contributed by atoms with Crippen LogP contribution in [0.3, 0.4) is 0 Å². The molecule has 0 radical (unpaired) electrons. The van der Waals surface area contributed by atoms with Gasteiger partial charge in [-0.3, -0.25) is 14.4 Å². The first kappa shape index (κ1) is 18.6. The number of rotatable bonds is 3. The van der Waals surface area contributed by atoms with Gasteiger partial charge in [0.15, 0.2) is 6.10 Å². The molecule has 2 aliphatic heterocycles. The van der Waals surface area contributed by atoms with Crippen LogP contribution >= 0.6 is 0 Å². The van der Waals surface area contributed by atoms with E-state index in [-0.39, 0.29) is 17.9 Å². The van der Waals surface area contributed by atoms with Crippen molar-refractivity contribution < 1.29 is 14.4 Å². The van der Waals surface area contributed by atoms with Crippen LogP contribution in [0.15, 0.2) is 78.9 Å². The van der Waals surface area contributed by atoms with Gasteiger partial charge in [0.2, 0.25) is 5.91 Å². The van der Waals surface area contributed by atoms with E-state index >= 15 is 0 Å². The molecule has 0 unspecified atom stereocenters. The highest BCUT2D eigenvalue weighted by molar-refractivity contribution is 6.24. The van der Waals surface area contributed by atoms with Crippen molar-refractivity contribution in [1.82, 2.24) is 0 Å². The maximum atomic E-state index is 13.6. The van der Waals surface area contributed by atoms with E-state index in [4.69, 9.17) is 4.84 Å². The third-order valence-corrected chi connectivity index (χ3v) is 5.86. The van der Waals surface area contributed by atoms with Crippen LogP contribution in [-0.2, 0) is 14.4 Å². The maximum Gasteiger partial charge on any atom is 0.266 e. The number of hydroxylamine groups is 1. The minimum absolute atomic E-state index is 0.218. The molecule has 3 atom stereocenters. The number of anilines is 2. The Morgan fingerprint density at radius 2 is 1.47 bits per heavy atom. The molecule has 5 rings (SSSR count). The van der Waals surface area contributed by atoms with Gasteiger partial charge < -0.3 is 0 Å². The van der Waals surface area contributed by atoms with Crippen molar-refractivity contribution in [2.24, 2.45) is 5.92 Å². The SMILES string of the molecule is Cc1ccc(N2C(=O)[C@H]3[C@H](ON(c4ccccc4)[C@H]3c3ccccc3)C2=O)c(C)c1. The molecule has 5 heteroatoms. The second kappa shape index (κ2) is 7.11. The number of benzene rings is 3. The number of fused-ring (bicyclic) bond motifs is 1. The molecule has 3 aromatic rings. The molecular weight excluding hydrogens is 376 g/mol. The fraction of sp³-hybridized carbons (Fsp3) is 0.200. The summed E-state index contributed by atoms with van der Waals surface area (Å²) in [4.78, 5) is 34.4. The van der Waals surface area contributed by atoms with Gasteiger partial charge in [-0.2, -0.15) is 0 Å². The van der Waals surface area contributed by atoms with Gasteiger partial charge in [-0.05, 0) is 43.2 Å². The predicted molar refractivity (Wildman–Crippen MR) is 115 cm³/mol. The van der Waals surface area contributed by atoms with Gasteiger partial charge in [0.05, 0.1) is 17.4 Å². The molecule has 3 aromatic carbocycles. The Balaban J connectivity index is 1.59. The first-order valence-electron chi connectivity index (χ1n) is 10.1. The number of imide groups is 1. The Bertz CT molecular complexity index is 1110. The van der Waals surface area contributed by atoms with Crippen molar-refractivity contribution in [3.8, 4) is 0 Å². The summed E-state index contributed by atoms with van der Waals surface area (Å²) in [7, 11) is 0. The smallest absolute Gasteiger partial charge is 0.266 e. The molecule has 0 saturated carbocycles. The Hall–Kier alpha value is -3.44. The lowest BCUT2D eigenvalue weighted by Crippen LogP contribution is -2.37. The highest BCUT2D eigenvalue weighted by atomic mass is 16.7. The van der Waals surface area contributed by atoms with E-state index < -0.39 is 12.0 Å². The van der Waals surface area contributed by atoms with Gasteiger partial charge in [0.25, 0.3) is 5.91 Å².